The minimum Gasteiger partial charge on any atom is -0.321 e. The zero-order valence-electron chi connectivity index (χ0n) is 22.2. The number of H-pyrrole nitrogens is 1. The van der Waals surface area contributed by atoms with Gasteiger partial charge in [0.05, 0.1) is 17.1 Å². The predicted molar refractivity (Wildman–Crippen MR) is 143 cm³/mol. The molecule has 8 nitrogen and oxygen atoms in total. The lowest BCUT2D eigenvalue weighted by Crippen LogP contribution is -2.36. The first-order valence-electron chi connectivity index (χ1n) is 12.8. The zero-order valence-corrected chi connectivity index (χ0v) is 22.2. The number of hydrogen-bond donors (Lipinski definition) is 1. The zero-order chi connectivity index (χ0) is 25.9. The number of tetrazole rings is 1. The molecule has 1 aromatic carbocycles. The Morgan fingerprint density at radius 2 is 1.94 bits per heavy atom. The van der Waals surface area contributed by atoms with E-state index in [1.807, 2.05) is 29.9 Å². The van der Waals surface area contributed by atoms with Crippen molar-refractivity contribution in [3.8, 4) is 0 Å². The second-order valence-corrected chi connectivity index (χ2v) is 10.4. The average Bonchev–Trinajstić information content (AvgIpc) is 3.34. The molecule has 1 N–H and O–H groups in total. The van der Waals surface area contributed by atoms with Gasteiger partial charge in [-0.1, -0.05) is 38.0 Å². The minimum absolute atomic E-state index is 0.0608. The predicted octanol–water partition coefficient (Wildman–Crippen LogP) is 5.22. The van der Waals surface area contributed by atoms with E-state index in [-0.39, 0.29) is 17.1 Å². The molecule has 0 radical (unpaired) electrons. The van der Waals surface area contributed by atoms with Gasteiger partial charge in [-0.25, -0.2) is 4.68 Å². The number of fused-ring (bicyclic) bond motifs is 1. The smallest absolute Gasteiger partial charge is 0.252 e. The second kappa shape index (κ2) is 10.7. The summed E-state index contributed by atoms with van der Waals surface area (Å²) >= 11 is 0. The molecular formula is C28H37N7O. The number of rotatable bonds is 10. The number of aromatic amines is 1. The molecule has 0 saturated heterocycles. The van der Waals surface area contributed by atoms with Crippen LogP contribution in [0, 0.1) is 13.8 Å². The van der Waals surface area contributed by atoms with Crippen molar-refractivity contribution in [2.75, 3.05) is 0 Å². The van der Waals surface area contributed by atoms with E-state index in [9.17, 15) is 4.79 Å². The molecule has 0 amide bonds. The highest BCUT2D eigenvalue weighted by molar-refractivity contribution is 5.82. The van der Waals surface area contributed by atoms with Crippen LogP contribution in [0.4, 0.5) is 0 Å². The highest BCUT2D eigenvalue weighted by atomic mass is 16.1. The first-order valence-corrected chi connectivity index (χ1v) is 12.8. The van der Waals surface area contributed by atoms with Crippen LogP contribution < -0.4 is 5.56 Å². The Morgan fingerprint density at radius 3 is 2.64 bits per heavy atom. The molecule has 1 atom stereocenters. The molecule has 0 spiro atoms. The summed E-state index contributed by atoms with van der Waals surface area (Å²) in [4.78, 5) is 23.0. The van der Waals surface area contributed by atoms with Crippen molar-refractivity contribution in [1.29, 1.82) is 0 Å². The Balaban J connectivity index is 1.81. The number of aryl methyl sites for hydroxylation is 2. The Hall–Kier alpha value is -3.39. The maximum atomic E-state index is 13.3. The van der Waals surface area contributed by atoms with Crippen molar-refractivity contribution >= 4 is 10.9 Å². The highest BCUT2D eigenvalue weighted by Gasteiger charge is 2.31. The quantitative estimate of drug-likeness (QED) is 0.330. The van der Waals surface area contributed by atoms with Crippen LogP contribution in [0.25, 0.3) is 10.9 Å². The Morgan fingerprint density at radius 1 is 1.14 bits per heavy atom. The molecule has 3 heterocycles. The molecule has 0 fully saturated rings. The summed E-state index contributed by atoms with van der Waals surface area (Å²) in [5.74, 6) is 0.830. The van der Waals surface area contributed by atoms with Crippen molar-refractivity contribution in [1.82, 2.24) is 35.1 Å². The summed E-state index contributed by atoms with van der Waals surface area (Å²) in [7, 11) is 0. The molecule has 4 rings (SSSR count). The maximum Gasteiger partial charge on any atom is 0.252 e. The Kier molecular flexibility index (Phi) is 7.64. The molecule has 0 aliphatic rings. The fourth-order valence-electron chi connectivity index (χ4n) is 4.80. The number of hydrogen-bond acceptors (Lipinski definition) is 6. The first kappa shape index (κ1) is 25.7. The van der Waals surface area contributed by atoms with Crippen molar-refractivity contribution < 1.29 is 0 Å². The first-order chi connectivity index (χ1) is 17.2. The van der Waals surface area contributed by atoms with Gasteiger partial charge in [-0.15, -0.1) is 5.10 Å². The van der Waals surface area contributed by atoms with Crippen LogP contribution in [0.1, 0.15) is 81.1 Å². The van der Waals surface area contributed by atoms with E-state index in [0.29, 0.717) is 13.1 Å². The number of aromatic nitrogens is 6. The van der Waals surface area contributed by atoms with E-state index in [1.54, 1.807) is 6.20 Å². The molecule has 36 heavy (non-hydrogen) atoms. The lowest BCUT2D eigenvalue weighted by atomic mass is 10.00. The Labute approximate surface area is 212 Å². The van der Waals surface area contributed by atoms with Crippen molar-refractivity contribution in [2.45, 2.75) is 85.5 Å². The lowest BCUT2D eigenvalue weighted by Gasteiger charge is -2.33. The number of nitrogens with one attached hydrogen (secondary N) is 1. The third-order valence-corrected chi connectivity index (χ3v) is 7.09. The van der Waals surface area contributed by atoms with E-state index in [1.165, 1.54) is 5.56 Å². The molecular weight excluding hydrogens is 450 g/mol. The molecule has 0 aliphatic carbocycles. The standard InChI is InChI=1S/C28H37N7O/c1-7-10-24(26-31-32-33-35(26)28(5,6)8-2)34(17-21-11-9-12-29-16-21)18-23-15-22-14-19(3)13-20(4)25(22)30-27(23)36/h9,11-16,24H,7-8,10,17-18H2,1-6H3,(H,30,36)/t24-/m0/s1. The van der Waals surface area contributed by atoms with E-state index >= 15 is 0 Å². The van der Waals surface area contributed by atoms with Crippen LogP contribution in [-0.2, 0) is 18.6 Å². The molecule has 4 aromatic rings. The minimum atomic E-state index is -0.222. The van der Waals surface area contributed by atoms with E-state index in [4.69, 9.17) is 0 Å². The molecule has 0 aliphatic heterocycles. The van der Waals surface area contributed by atoms with Gasteiger partial charge in [0.1, 0.15) is 0 Å². The monoisotopic (exact) mass is 487 g/mol. The molecule has 3 aromatic heterocycles. The molecule has 8 heteroatoms. The van der Waals surface area contributed by atoms with Crippen LogP contribution in [0.15, 0.2) is 47.5 Å². The van der Waals surface area contributed by atoms with Crippen molar-refractivity contribution in [2.24, 2.45) is 0 Å². The van der Waals surface area contributed by atoms with Gasteiger partial charge in [0.15, 0.2) is 5.82 Å². The third-order valence-electron chi connectivity index (χ3n) is 7.09. The summed E-state index contributed by atoms with van der Waals surface area (Å²) < 4.78 is 1.96. The summed E-state index contributed by atoms with van der Waals surface area (Å²) in [5, 5.41) is 14.0. The number of benzene rings is 1. The van der Waals surface area contributed by atoms with Crippen LogP contribution in [0.5, 0.6) is 0 Å². The van der Waals surface area contributed by atoms with Crippen molar-refractivity contribution in [3.63, 3.8) is 0 Å². The highest BCUT2D eigenvalue weighted by Crippen LogP contribution is 2.31. The van der Waals surface area contributed by atoms with E-state index in [0.717, 1.165) is 52.7 Å². The third kappa shape index (κ3) is 5.38. The van der Waals surface area contributed by atoms with Gasteiger partial charge >= 0.3 is 0 Å². The maximum absolute atomic E-state index is 13.3. The van der Waals surface area contributed by atoms with Crippen molar-refractivity contribution in [3.05, 3.63) is 81.2 Å². The Bertz CT molecular complexity index is 1370. The molecule has 0 saturated carbocycles. The topological polar surface area (TPSA) is 92.6 Å². The average molecular weight is 488 g/mol. The van der Waals surface area contributed by atoms with Crippen LogP contribution >= 0.6 is 0 Å². The fraction of sp³-hybridized carbons (Fsp3) is 0.464. The van der Waals surface area contributed by atoms with Crippen LogP contribution in [0.2, 0.25) is 0 Å². The molecule has 0 bridgehead atoms. The summed E-state index contributed by atoms with van der Waals surface area (Å²) in [6.07, 6.45) is 6.38. The molecule has 190 valence electrons. The van der Waals surface area contributed by atoms with Gasteiger partial charge in [0.2, 0.25) is 0 Å². The van der Waals surface area contributed by atoms with Gasteiger partial charge in [-0.3, -0.25) is 14.7 Å². The van der Waals surface area contributed by atoms with E-state index in [2.05, 4.69) is 83.2 Å². The summed E-state index contributed by atoms with van der Waals surface area (Å²) in [5.41, 5.74) is 4.67. The summed E-state index contributed by atoms with van der Waals surface area (Å²) in [6.45, 7) is 13.8. The SMILES string of the molecule is CCC[C@@H](c1nnnn1C(C)(C)CC)N(Cc1cccnc1)Cc1cc2cc(C)cc(C)c2[nH]c1=O. The van der Waals surface area contributed by atoms with Gasteiger partial charge in [-0.2, -0.15) is 0 Å². The fourth-order valence-corrected chi connectivity index (χ4v) is 4.80. The normalized spacial score (nSPS) is 13.0. The van der Waals surface area contributed by atoms with Gasteiger partial charge in [0.25, 0.3) is 5.56 Å². The molecule has 0 unspecified atom stereocenters. The lowest BCUT2D eigenvalue weighted by molar-refractivity contribution is 0.145. The number of pyridine rings is 2. The van der Waals surface area contributed by atoms with E-state index < -0.39 is 0 Å². The van der Waals surface area contributed by atoms with Crippen LogP contribution in [-0.4, -0.2) is 35.1 Å². The van der Waals surface area contributed by atoms with Gasteiger partial charge < -0.3 is 4.98 Å². The second-order valence-electron chi connectivity index (χ2n) is 10.4. The largest absolute Gasteiger partial charge is 0.321 e. The van der Waals surface area contributed by atoms with Crippen LogP contribution in [0.3, 0.4) is 0 Å². The van der Waals surface area contributed by atoms with Gasteiger partial charge in [0, 0.05) is 31.0 Å². The number of nitrogens with zero attached hydrogens (tertiary/aromatic N) is 6. The van der Waals surface area contributed by atoms with Gasteiger partial charge in [-0.05, 0) is 85.7 Å². The summed E-state index contributed by atoms with van der Waals surface area (Å²) in [6, 6.07) is 10.2.